The zero-order valence-corrected chi connectivity index (χ0v) is 17.6. The summed E-state index contributed by atoms with van der Waals surface area (Å²) in [5, 5.41) is 0. The van der Waals surface area contributed by atoms with Crippen molar-refractivity contribution < 1.29 is 9.47 Å². The highest BCUT2D eigenvalue weighted by molar-refractivity contribution is 5.47. The molecule has 0 aliphatic carbocycles. The predicted octanol–water partition coefficient (Wildman–Crippen LogP) is 3.66. The molecule has 2 bridgehead atoms. The molecule has 0 spiro atoms. The first-order valence-corrected chi connectivity index (χ1v) is 10.8. The number of methoxy groups -OCH3 is 2. The van der Waals surface area contributed by atoms with Gasteiger partial charge in [0.05, 0.1) is 19.9 Å². The topological polar surface area (TPSA) is 50.7 Å². The molecule has 2 fully saturated rings. The Labute approximate surface area is 172 Å². The van der Waals surface area contributed by atoms with Gasteiger partial charge in [-0.3, -0.25) is 4.90 Å². The Morgan fingerprint density at radius 3 is 2.59 bits per heavy atom. The number of fused-ring (bicyclic) bond motifs is 4. The summed E-state index contributed by atoms with van der Waals surface area (Å²) < 4.78 is 11.0. The maximum atomic E-state index is 5.54. The molecular formula is C23H30N4O2. The van der Waals surface area contributed by atoms with E-state index in [0.717, 1.165) is 43.5 Å². The van der Waals surface area contributed by atoms with E-state index in [0.29, 0.717) is 12.1 Å². The third-order valence-corrected chi connectivity index (χ3v) is 6.90. The maximum absolute atomic E-state index is 5.54. The molecule has 3 aliphatic heterocycles. The molecule has 6 heteroatoms. The molecule has 1 aromatic carbocycles. The molecule has 2 aromatic rings. The lowest BCUT2D eigenvalue weighted by molar-refractivity contribution is 0.165. The Bertz CT molecular complexity index is 910. The van der Waals surface area contributed by atoms with Gasteiger partial charge in [0.25, 0.3) is 0 Å². The second-order valence-electron chi connectivity index (χ2n) is 8.52. The molecule has 29 heavy (non-hydrogen) atoms. The average Bonchev–Trinajstić information content (AvgIpc) is 3.36. The fraction of sp³-hybridized carbons (Fsp3) is 0.565. The summed E-state index contributed by atoms with van der Waals surface area (Å²) in [6.45, 7) is 5.27. The number of hydrogen-bond donors (Lipinski definition) is 0. The summed E-state index contributed by atoms with van der Waals surface area (Å²) in [5.41, 5.74) is 5.15. The lowest BCUT2D eigenvalue weighted by Crippen LogP contribution is -2.38. The van der Waals surface area contributed by atoms with Crippen LogP contribution >= 0.6 is 0 Å². The van der Waals surface area contributed by atoms with Gasteiger partial charge in [-0.15, -0.1) is 0 Å². The SMILES string of the molecule is COc1cc(C)c(CN2C3CCC2c2cnc(N4CCCC4)nc2C3)cc1OC. The minimum absolute atomic E-state index is 0.420. The molecule has 5 rings (SSSR count). The van der Waals surface area contributed by atoms with Crippen molar-refractivity contribution in [2.24, 2.45) is 0 Å². The van der Waals surface area contributed by atoms with Gasteiger partial charge in [0.1, 0.15) is 0 Å². The van der Waals surface area contributed by atoms with Crippen molar-refractivity contribution >= 4 is 5.95 Å². The summed E-state index contributed by atoms with van der Waals surface area (Å²) in [7, 11) is 3.39. The fourth-order valence-corrected chi connectivity index (χ4v) is 5.27. The highest BCUT2D eigenvalue weighted by atomic mass is 16.5. The monoisotopic (exact) mass is 394 g/mol. The molecule has 4 heterocycles. The highest BCUT2D eigenvalue weighted by Crippen LogP contribution is 2.44. The Balaban J connectivity index is 1.41. The molecular weight excluding hydrogens is 364 g/mol. The van der Waals surface area contributed by atoms with E-state index in [1.54, 1.807) is 14.2 Å². The van der Waals surface area contributed by atoms with Crippen LogP contribution in [0.15, 0.2) is 18.3 Å². The van der Waals surface area contributed by atoms with Crippen LogP contribution in [-0.2, 0) is 13.0 Å². The number of anilines is 1. The highest BCUT2D eigenvalue weighted by Gasteiger charge is 2.41. The Morgan fingerprint density at radius 2 is 1.83 bits per heavy atom. The van der Waals surface area contributed by atoms with Crippen molar-refractivity contribution in [2.75, 3.05) is 32.2 Å². The van der Waals surface area contributed by atoms with Crippen molar-refractivity contribution in [3.8, 4) is 11.5 Å². The summed E-state index contributed by atoms with van der Waals surface area (Å²) in [6, 6.07) is 5.19. The van der Waals surface area contributed by atoms with E-state index < -0.39 is 0 Å². The Kier molecular flexibility index (Phi) is 4.82. The standard InChI is InChI=1S/C23H30N4O2/c1-15-10-21(28-2)22(29-3)11-16(15)14-27-17-6-7-20(27)18-13-24-23(25-19(18)12-17)26-8-4-5-9-26/h10-11,13,17,20H,4-9,12,14H2,1-3H3. The van der Waals surface area contributed by atoms with Gasteiger partial charge in [0.15, 0.2) is 11.5 Å². The lowest BCUT2D eigenvalue weighted by Gasteiger charge is -2.36. The molecule has 2 unspecified atom stereocenters. The van der Waals surface area contributed by atoms with Crippen molar-refractivity contribution in [1.29, 1.82) is 0 Å². The third-order valence-electron chi connectivity index (χ3n) is 6.90. The summed E-state index contributed by atoms with van der Waals surface area (Å²) >= 11 is 0. The molecule has 0 N–H and O–H groups in total. The number of ether oxygens (including phenoxy) is 2. The fourth-order valence-electron chi connectivity index (χ4n) is 5.27. The summed E-state index contributed by atoms with van der Waals surface area (Å²) in [4.78, 5) is 14.7. The van der Waals surface area contributed by atoms with Crippen LogP contribution in [0.4, 0.5) is 5.95 Å². The van der Waals surface area contributed by atoms with Gasteiger partial charge in [0.2, 0.25) is 5.95 Å². The van der Waals surface area contributed by atoms with E-state index in [1.807, 2.05) is 0 Å². The number of benzene rings is 1. The molecule has 0 saturated carbocycles. The van der Waals surface area contributed by atoms with Crippen LogP contribution in [-0.4, -0.2) is 48.2 Å². The first-order valence-electron chi connectivity index (χ1n) is 10.8. The molecule has 2 saturated heterocycles. The molecule has 3 aliphatic rings. The van der Waals surface area contributed by atoms with Crippen LogP contribution in [0.3, 0.4) is 0 Å². The Hall–Kier alpha value is -2.34. The minimum Gasteiger partial charge on any atom is -0.493 e. The van der Waals surface area contributed by atoms with Crippen molar-refractivity contribution in [1.82, 2.24) is 14.9 Å². The van der Waals surface area contributed by atoms with Crippen LogP contribution in [0, 0.1) is 6.92 Å². The summed E-state index contributed by atoms with van der Waals surface area (Å²) in [6.07, 6.45) is 8.06. The van der Waals surface area contributed by atoms with Crippen LogP contribution < -0.4 is 14.4 Å². The van der Waals surface area contributed by atoms with Crippen LogP contribution in [0.25, 0.3) is 0 Å². The molecule has 0 radical (unpaired) electrons. The first kappa shape index (κ1) is 18.7. The normalized spacial score (nSPS) is 23.3. The minimum atomic E-state index is 0.420. The average molecular weight is 395 g/mol. The maximum Gasteiger partial charge on any atom is 0.225 e. The van der Waals surface area contributed by atoms with E-state index in [2.05, 4.69) is 35.1 Å². The zero-order valence-electron chi connectivity index (χ0n) is 17.6. The van der Waals surface area contributed by atoms with Crippen LogP contribution in [0.2, 0.25) is 0 Å². The van der Waals surface area contributed by atoms with Crippen LogP contribution in [0.5, 0.6) is 11.5 Å². The smallest absolute Gasteiger partial charge is 0.225 e. The van der Waals surface area contributed by atoms with Gasteiger partial charge in [-0.25, -0.2) is 9.97 Å². The van der Waals surface area contributed by atoms with Crippen molar-refractivity contribution in [2.45, 2.75) is 57.7 Å². The van der Waals surface area contributed by atoms with E-state index >= 15 is 0 Å². The second-order valence-corrected chi connectivity index (χ2v) is 8.52. The van der Waals surface area contributed by atoms with Crippen molar-refractivity contribution in [3.63, 3.8) is 0 Å². The predicted molar refractivity (Wildman–Crippen MR) is 113 cm³/mol. The molecule has 6 nitrogen and oxygen atoms in total. The van der Waals surface area contributed by atoms with Gasteiger partial charge in [0, 0.05) is 49.9 Å². The number of nitrogens with zero attached hydrogens (tertiary/aromatic N) is 4. The van der Waals surface area contributed by atoms with E-state index in [-0.39, 0.29) is 0 Å². The first-order chi connectivity index (χ1) is 14.2. The lowest BCUT2D eigenvalue weighted by atomic mass is 9.97. The van der Waals surface area contributed by atoms with Gasteiger partial charge < -0.3 is 14.4 Å². The number of rotatable bonds is 5. The molecule has 2 atom stereocenters. The van der Waals surface area contributed by atoms with Gasteiger partial charge in [-0.1, -0.05) is 0 Å². The third kappa shape index (κ3) is 3.23. The molecule has 1 aromatic heterocycles. The van der Waals surface area contributed by atoms with E-state index in [9.17, 15) is 0 Å². The number of aromatic nitrogens is 2. The Morgan fingerprint density at radius 1 is 1.07 bits per heavy atom. The van der Waals surface area contributed by atoms with E-state index in [1.165, 1.54) is 48.1 Å². The molecule has 0 amide bonds. The van der Waals surface area contributed by atoms with Crippen LogP contribution in [0.1, 0.15) is 54.1 Å². The van der Waals surface area contributed by atoms with Gasteiger partial charge >= 0.3 is 0 Å². The number of aryl methyl sites for hydroxylation is 1. The quantitative estimate of drug-likeness (QED) is 0.771. The van der Waals surface area contributed by atoms with Gasteiger partial charge in [-0.05, 0) is 55.9 Å². The van der Waals surface area contributed by atoms with Crippen molar-refractivity contribution in [3.05, 3.63) is 40.7 Å². The largest absolute Gasteiger partial charge is 0.493 e. The molecule has 154 valence electrons. The zero-order chi connectivity index (χ0) is 20.0. The second kappa shape index (κ2) is 7.48. The van der Waals surface area contributed by atoms with Gasteiger partial charge in [-0.2, -0.15) is 0 Å². The summed E-state index contributed by atoms with van der Waals surface area (Å²) in [5.74, 6) is 2.53. The number of hydrogen-bond acceptors (Lipinski definition) is 6. The van der Waals surface area contributed by atoms with E-state index in [4.69, 9.17) is 19.4 Å².